The van der Waals surface area contributed by atoms with Crippen LogP contribution in [0, 0.1) is 0 Å². The van der Waals surface area contributed by atoms with Crippen molar-refractivity contribution in [3.8, 4) is 0 Å². The average Bonchev–Trinajstić information content (AvgIpc) is 2.75. The molecule has 150 valence electrons. The minimum absolute atomic E-state index is 0.0141. The van der Waals surface area contributed by atoms with Crippen LogP contribution < -0.4 is 15.5 Å². The summed E-state index contributed by atoms with van der Waals surface area (Å²) >= 11 is 0. The molecule has 3 aromatic rings. The number of anilines is 2. The summed E-state index contributed by atoms with van der Waals surface area (Å²) in [6.45, 7) is 0. The third-order valence-electron chi connectivity index (χ3n) is 5.53. The second-order valence-corrected chi connectivity index (χ2v) is 7.83. The van der Waals surface area contributed by atoms with Gasteiger partial charge in [0.2, 0.25) is 5.95 Å². The molecule has 4 rings (SSSR count). The molecule has 29 heavy (non-hydrogen) atoms. The fraction of sp³-hybridized carbons (Fsp3) is 0.348. The van der Waals surface area contributed by atoms with Crippen molar-refractivity contribution in [1.29, 1.82) is 0 Å². The van der Waals surface area contributed by atoms with Gasteiger partial charge in [0.1, 0.15) is 5.82 Å². The molecule has 1 aliphatic carbocycles. The Morgan fingerprint density at radius 2 is 1.69 bits per heavy atom. The number of rotatable bonds is 5. The van der Waals surface area contributed by atoms with E-state index in [9.17, 15) is 4.79 Å². The minimum atomic E-state index is 0.0141. The molecule has 2 N–H and O–H groups in total. The Bertz CT molecular complexity index is 990. The average molecular weight is 390 g/mol. The Hall–Kier alpha value is -3.15. The lowest BCUT2D eigenvalue weighted by Crippen LogP contribution is -2.40. The van der Waals surface area contributed by atoms with Crippen LogP contribution in [0.3, 0.4) is 0 Å². The van der Waals surface area contributed by atoms with Gasteiger partial charge in [-0.3, -0.25) is 4.79 Å². The molecule has 0 saturated heterocycles. The van der Waals surface area contributed by atoms with Crippen LogP contribution in [0.4, 0.5) is 11.8 Å². The standard InChI is InChI=1S/C23H27N5O/c1-28(2)21-14-15-24-23(27-21)26-18-12-10-17(11-13-18)25-22(29)20-9-5-7-16-6-3-4-8-19(16)20/h3-9,14-15,17-18H,10-13H2,1-2H3,(H,25,29)(H,24,26,27)/t17-,18+. The highest BCUT2D eigenvalue weighted by Crippen LogP contribution is 2.23. The van der Waals surface area contributed by atoms with Gasteiger partial charge in [-0.2, -0.15) is 4.98 Å². The van der Waals surface area contributed by atoms with Gasteiger partial charge in [-0.25, -0.2) is 4.98 Å². The number of carbonyl (C=O) groups is 1. The van der Waals surface area contributed by atoms with E-state index in [1.807, 2.05) is 67.5 Å². The van der Waals surface area contributed by atoms with E-state index in [1.165, 1.54) is 0 Å². The SMILES string of the molecule is CN(C)c1ccnc(N[C@H]2CC[C@@H](NC(=O)c3cccc4ccccc34)CC2)n1. The number of aromatic nitrogens is 2. The first kappa shape index (κ1) is 19.2. The lowest BCUT2D eigenvalue weighted by atomic mass is 9.91. The molecule has 6 nitrogen and oxygen atoms in total. The molecule has 0 unspecified atom stereocenters. The third kappa shape index (κ3) is 4.47. The van der Waals surface area contributed by atoms with E-state index >= 15 is 0 Å². The van der Waals surface area contributed by atoms with Crippen LogP contribution in [0.5, 0.6) is 0 Å². The van der Waals surface area contributed by atoms with Crippen molar-refractivity contribution in [1.82, 2.24) is 15.3 Å². The predicted molar refractivity (Wildman–Crippen MR) is 117 cm³/mol. The van der Waals surface area contributed by atoms with Gasteiger partial charge >= 0.3 is 0 Å². The maximum Gasteiger partial charge on any atom is 0.252 e. The second-order valence-electron chi connectivity index (χ2n) is 7.83. The Morgan fingerprint density at radius 3 is 2.48 bits per heavy atom. The summed E-state index contributed by atoms with van der Waals surface area (Å²) in [7, 11) is 3.94. The Balaban J connectivity index is 1.34. The summed E-state index contributed by atoms with van der Waals surface area (Å²) in [6, 6.07) is 16.3. The molecule has 1 heterocycles. The van der Waals surface area contributed by atoms with E-state index in [4.69, 9.17) is 0 Å². The van der Waals surface area contributed by atoms with Gasteiger partial charge in [0.15, 0.2) is 0 Å². The van der Waals surface area contributed by atoms with Gasteiger partial charge < -0.3 is 15.5 Å². The highest BCUT2D eigenvalue weighted by molar-refractivity contribution is 6.07. The molecule has 1 amide bonds. The Labute approximate surface area is 171 Å². The van der Waals surface area contributed by atoms with Crippen molar-refractivity contribution < 1.29 is 4.79 Å². The number of fused-ring (bicyclic) bond motifs is 1. The van der Waals surface area contributed by atoms with Crippen LogP contribution in [0.25, 0.3) is 10.8 Å². The molecule has 0 radical (unpaired) electrons. The van der Waals surface area contributed by atoms with Crippen LogP contribution in [0.15, 0.2) is 54.7 Å². The smallest absolute Gasteiger partial charge is 0.252 e. The van der Waals surface area contributed by atoms with Gasteiger partial charge in [0, 0.05) is 37.9 Å². The maximum atomic E-state index is 12.8. The lowest BCUT2D eigenvalue weighted by molar-refractivity contribution is 0.0928. The number of nitrogens with one attached hydrogen (secondary N) is 2. The van der Waals surface area contributed by atoms with Gasteiger partial charge in [0.05, 0.1) is 0 Å². The summed E-state index contributed by atoms with van der Waals surface area (Å²) < 4.78 is 0. The summed E-state index contributed by atoms with van der Waals surface area (Å²) in [6.07, 6.45) is 5.63. The van der Waals surface area contributed by atoms with Crippen LogP contribution in [-0.2, 0) is 0 Å². The first-order chi connectivity index (χ1) is 14.1. The Morgan fingerprint density at radius 1 is 0.966 bits per heavy atom. The molecule has 1 aliphatic rings. The van der Waals surface area contributed by atoms with E-state index < -0.39 is 0 Å². The largest absolute Gasteiger partial charge is 0.363 e. The van der Waals surface area contributed by atoms with Crippen LogP contribution in [0.1, 0.15) is 36.0 Å². The van der Waals surface area contributed by atoms with Crippen LogP contribution in [-0.4, -0.2) is 42.1 Å². The first-order valence-electron chi connectivity index (χ1n) is 10.2. The molecule has 0 spiro atoms. The normalized spacial score (nSPS) is 19.0. The highest BCUT2D eigenvalue weighted by Gasteiger charge is 2.23. The van der Waals surface area contributed by atoms with E-state index in [-0.39, 0.29) is 11.9 Å². The van der Waals surface area contributed by atoms with Gasteiger partial charge in [0.25, 0.3) is 5.91 Å². The van der Waals surface area contributed by atoms with Crippen molar-refractivity contribution in [3.63, 3.8) is 0 Å². The number of benzene rings is 2. The monoisotopic (exact) mass is 389 g/mol. The lowest BCUT2D eigenvalue weighted by Gasteiger charge is -2.30. The van der Waals surface area contributed by atoms with Crippen molar-refractivity contribution in [2.75, 3.05) is 24.3 Å². The molecular weight excluding hydrogens is 362 g/mol. The van der Waals surface area contributed by atoms with Crippen LogP contribution >= 0.6 is 0 Å². The van der Waals surface area contributed by atoms with E-state index in [2.05, 4.69) is 20.6 Å². The van der Waals surface area contributed by atoms with Crippen molar-refractivity contribution >= 4 is 28.4 Å². The molecule has 1 fully saturated rings. The maximum absolute atomic E-state index is 12.8. The Kier molecular flexibility index (Phi) is 5.60. The quantitative estimate of drug-likeness (QED) is 0.694. The zero-order valence-electron chi connectivity index (χ0n) is 16.9. The van der Waals surface area contributed by atoms with Crippen molar-refractivity contribution in [3.05, 3.63) is 60.3 Å². The summed E-state index contributed by atoms with van der Waals surface area (Å²) in [4.78, 5) is 23.7. The molecular formula is C23H27N5O. The zero-order valence-corrected chi connectivity index (χ0v) is 16.9. The van der Waals surface area contributed by atoms with Crippen LogP contribution in [0.2, 0.25) is 0 Å². The zero-order chi connectivity index (χ0) is 20.2. The third-order valence-corrected chi connectivity index (χ3v) is 5.53. The van der Waals surface area contributed by atoms with Crippen molar-refractivity contribution in [2.24, 2.45) is 0 Å². The van der Waals surface area contributed by atoms with E-state index in [0.29, 0.717) is 12.0 Å². The molecule has 2 aromatic carbocycles. The molecule has 1 aromatic heterocycles. The van der Waals surface area contributed by atoms with Crippen molar-refractivity contribution in [2.45, 2.75) is 37.8 Å². The minimum Gasteiger partial charge on any atom is -0.363 e. The molecule has 0 bridgehead atoms. The number of carbonyl (C=O) groups excluding carboxylic acids is 1. The van der Waals surface area contributed by atoms with Gasteiger partial charge in [-0.1, -0.05) is 36.4 Å². The predicted octanol–water partition coefficient (Wildman–Crippen LogP) is 3.85. The molecule has 0 aliphatic heterocycles. The number of nitrogens with zero attached hydrogens (tertiary/aromatic N) is 3. The van der Waals surface area contributed by atoms with Gasteiger partial charge in [-0.05, 0) is 48.6 Å². The van der Waals surface area contributed by atoms with Gasteiger partial charge in [-0.15, -0.1) is 0 Å². The molecule has 1 saturated carbocycles. The second kappa shape index (κ2) is 8.47. The molecule has 6 heteroatoms. The first-order valence-corrected chi connectivity index (χ1v) is 10.2. The molecule has 0 atom stereocenters. The summed E-state index contributed by atoms with van der Waals surface area (Å²) in [5.41, 5.74) is 0.747. The fourth-order valence-corrected chi connectivity index (χ4v) is 3.92. The highest BCUT2D eigenvalue weighted by atomic mass is 16.1. The number of hydrogen-bond donors (Lipinski definition) is 2. The number of hydrogen-bond acceptors (Lipinski definition) is 5. The summed E-state index contributed by atoms with van der Waals surface area (Å²) in [5, 5.41) is 8.77. The van der Waals surface area contributed by atoms with E-state index in [1.54, 1.807) is 6.20 Å². The topological polar surface area (TPSA) is 70.2 Å². The fourth-order valence-electron chi connectivity index (χ4n) is 3.92. The van der Waals surface area contributed by atoms with E-state index in [0.717, 1.165) is 47.8 Å². The number of amides is 1. The summed E-state index contributed by atoms with van der Waals surface area (Å²) in [5.74, 6) is 1.57.